The van der Waals surface area contributed by atoms with Gasteiger partial charge in [0.05, 0.1) is 0 Å². The second kappa shape index (κ2) is 8.65. The van der Waals surface area contributed by atoms with Gasteiger partial charge in [0.25, 0.3) is 0 Å². The van der Waals surface area contributed by atoms with Gasteiger partial charge >= 0.3 is 0 Å². The number of nitrogens with zero attached hydrogens (tertiary/aromatic N) is 1. The molecular weight excluding hydrogens is 264 g/mol. The third-order valence-corrected chi connectivity index (χ3v) is 5.03. The summed E-state index contributed by atoms with van der Waals surface area (Å²) in [4.78, 5) is 2.56. The summed E-state index contributed by atoms with van der Waals surface area (Å²) in [5.41, 5.74) is 0.730. The predicted molar refractivity (Wildman–Crippen MR) is 93.8 cm³/mol. The van der Waals surface area contributed by atoms with E-state index in [4.69, 9.17) is 0 Å². The van der Waals surface area contributed by atoms with Crippen LogP contribution in [-0.4, -0.2) is 49.1 Å². The summed E-state index contributed by atoms with van der Waals surface area (Å²) >= 11 is 1.96. The normalized spacial score (nSPS) is 20.1. The van der Waals surface area contributed by atoms with Gasteiger partial charge in [-0.3, -0.25) is 0 Å². The van der Waals surface area contributed by atoms with Crippen LogP contribution in [0.15, 0.2) is 0 Å². The molecule has 2 nitrogen and oxygen atoms in total. The van der Waals surface area contributed by atoms with Crippen molar-refractivity contribution in [1.82, 2.24) is 10.2 Å². The minimum atomic E-state index is 0.233. The molecule has 0 radical (unpaired) electrons. The summed E-state index contributed by atoms with van der Waals surface area (Å²) in [5, 5.41) is 3.79. The maximum absolute atomic E-state index is 3.79. The fourth-order valence-corrected chi connectivity index (χ4v) is 3.72. The second-order valence-electron chi connectivity index (χ2n) is 7.75. The smallest absolute Gasteiger partial charge is 0.00967 e. The molecule has 0 spiro atoms. The van der Waals surface area contributed by atoms with E-state index in [-0.39, 0.29) is 5.54 Å². The summed E-state index contributed by atoms with van der Waals surface area (Å²) in [5.74, 6) is 1.25. The zero-order valence-electron chi connectivity index (χ0n) is 14.4. The van der Waals surface area contributed by atoms with Crippen molar-refractivity contribution < 1.29 is 0 Å². The molecule has 1 saturated carbocycles. The number of hydrogen-bond acceptors (Lipinski definition) is 3. The number of hydrogen-bond donors (Lipinski definition) is 1. The van der Waals surface area contributed by atoms with E-state index in [2.05, 4.69) is 44.3 Å². The van der Waals surface area contributed by atoms with Gasteiger partial charge in [-0.25, -0.2) is 0 Å². The van der Waals surface area contributed by atoms with E-state index < -0.39 is 0 Å². The first kappa shape index (κ1) is 18.3. The van der Waals surface area contributed by atoms with Crippen molar-refractivity contribution in [2.45, 2.75) is 64.8 Å². The Morgan fingerprint density at radius 1 is 1.10 bits per heavy atom. The topological polar surface area (TPSA) is 15.3 Å². The molecule has 0 saturated heterocycles. The minimum absolute atomic E-state index is 0.233. The molecule has 0 amide bonds. The van der Waals surface area contributed by atoms with Crippen LogP contribution in [0.4, 0.5) is 0 Å². The van der Waals surface area contributed by atoms with E-state index in [1.807, 2.05) is 11.8 Å². The Morgan fingerprint density at radius 3 is 2.20 bits per heavy atom. The van der Waals surface area contributed by atoms with Crippen LogP contribution in [0.2, 0.25) is 0 Å². The summed E-state index contributed by atoms with van der Waals surface area (Å²) in [6.07, 6.45) is 10.7. The first-order valence-electron chi connectivity index (χ1n) is 8.29. The van der Waals surface area contributed by atoms with Crippen molar-refractivity contribution >= 4 is 11.8 Å². The van der Waals surface area contributed by atoms with Crippen LogP contribution in [-0.2, 0) is 0 Å². The Bertz CT molecular complexity index is 252. The lowest BCUT2D eigenvalue weighted by molar-refractivity contribution is 0.140. The summed E-state index contributed by atoms with van der Waals surface area (Å²) in [6, 6.07) is 0. The molecule has 0 atom stereocenters. The Balaban J connectivity index is 2.62. The highest BCUT2D eigenvalue weighted by molar-refractivity contribution is 7.98. The lowest BCUT2D eigenvalue weighted by Crippen LogP contribution is -2.48. The maximum atomic E-state index is 3.79. The first-order chi connectivity index (χ1) is 9.37. The van der Waals surface area contributed by atoms with Crippen molar-refractivity contribution in [2.75, 3.05) is 38.7 Å². The molecule has 120 valence electrons. The molecule has 0 aliphatic heterocycles. The van der Waals surface area contributed by atoms with Crippen LogP contribution < -0.4 is 5.32 Å². The van der Waals surface area contributed by atoms with Crippen LogP contribution in [0.1, 0.15) is 59.3 Å². The van der Waals surface area contributed by atoms with Crippen LogP contribution >= 0.6 is 11.8 Å². The third kappa shape index (κ3) is 7.33. The van der Waals surface area contributed by atoms with Gasteiger partial charge in [-0.1, -0.05) is 25.7 Å². The second-order valence-corrected chi connectivity index (χ2v) is 8.73. The SMILES string of the molecule is CSCCN(C)CC1(CNC(C)(C)C)CCCCCC1. The lowest BCUT2D eigenvalue weighted by atomic mass is 9.79. The molecule has 1 fully saturated rings. The fraction of sp³-hybridized carbons (Fsp3) is 1.00. The van der Waals surface area contributed by atoms with E-state index in [9.17, 15) is 0 Å². The fourth-order valence-electron chi connectivity index (χ4n) is 3.22. The maximum Gasteiger partial charge on any atom is 0.00967 e. The Kier molecular flexibility index (Phi) is 7.92. The van der Waals surface area contributed by atoms with E-state index in [1.165, 1.54) is 63.9 Å². The number of rotatable bonds is 7. The molecular formula is C17H36N2S. The highest BCUT2D eigenvalue weighted by atomic mass is 32.2. The van der Waals surface area contributed by atoms with E-state index in [0.717, 1.165) is 0 Å². The largest absolute Gasteiger partial charge is 0.311 e. The predicted octanol–water partition coefficient (Wildman–Crippen LogP) is 4.01. The molecule has 1 N–H and O–H groups in total. The molecule has 0 heterocycles. The first-order valence-corrected chi connectivity index (χ1v) is 9.69. The zero-order chi connectivity index (χ0) is 15.1. The summed E-state index contributed by atoms with van der Waals surface area (Å²) in [7, 11) is 2.31. The van der Waals surface area contributed by atoms with Crippen LogP contribution in [0, 0.1) is 5.41 Å². The standard InChI is InChI=1S/C17H36N2S/c1-16(2,3)18-14-17(10-8-6-7-9-11-17)15-19(4)12-13-20-5/h18H,6-15H2,1-5H3. The average molecular weight is 301 g/mol. The van der Waals surface area contributed by atoms with Gasteiger partial charge in [0, 0.05) is 30.9 Å². The van der Waals surface area contributed by atoms with E-state index in [1.54, 1.807) is 0 Å². The van der Waals surface area contributed by atoms with Crippen molar-refractivity contribution in [3.63, 3.8) is 0 Å². The molecule has 0 aromatic heterocycles. The molecule has 0 aromatic carbocycles. The van der Waals surface area contributed by atoms with Gasteiger partial charge in [-0.2, -0.15) is 11.8 Å². The highest BCUT2D eigenvalue weighted by Gasteiger charge is 2.32. The summed E-state index contributed by atoms with van der Waals surface area (Å²) in [6.45, 7) is 10.5. The zero-order valence-corrected chi connectivity index (χ0v) is 15.2. The average Bonchev–Trinajstić information content (AvgIpc) is 2.59. The van der Waals surface area contributed by atoms with Crippen LogP contribution in [0.3, 0.4) is 0 Å². The van der Waals surface area contributed by atoms with Crippen molar-refractivity contribution in [1.29, 1.82) is 0 Å². The quantitative estimate of drug-likeness (QED) is 0.715. The lowest BCUT2D eigenvalue weighted by Gasteiger charge is -2.39. The van der Waals surface area contributed by atoms with Gasteiger partial charge in [-0.05, 0) is 52.3 Å². The van der Waals surface area contributed by atoms with Gasteiger partial charge in [0.15, 0.2) is 0 Å². The third-order valence-electron chi connectivity index (χ3n) is 4.44. The molecule has 1 aliphatic rings. The highest BCUT2D eigenvalue weighted by Crippen LogP contribution is 2.35. The van der Waals surface area contributed by atoms with Crippen LogP contribution in [0.25, 0.3) is 0 Å². The Hall–Kier alpha value is 0.270. The van der Waals surface area contributed by atoms with Gasteiger partial charge in [0.2, 0.25) is 0 Å². The van der Waals surface area contributed by atoms with Crippen molar-refractivity contribution in [3.8, 4) is 0 Å². The minimum Gasteiger partial charge on any atom is -0.311 e. The van der Waals surface area contributed by atoms with Gasteiger partial charge in [0.1, 0.15) is 0 Å². The summed E-state index contributed by atoms with van der Waals surface area (Å²) < 4.78 is 0. The molecule has 0 unspecified atom stereocenters. The van der Waals surface area contributed by atoms with Gasteiger partial charge < -0.3 is 10.2 Å². The molecule has 20 heavy (non-hydrogen) atoms. The Labute approximate surface area is 131 Å². The monoisotopic (exact) mass is 300 g/mol. The molecule has 3 heteroatoms. The molecule has 0 aromatic rings. The van der Waals surface area contributed by atoms with E-state index >= 15 is 0 Å². The van der Waals surface area contributed by atoms with E-state index in [0.29, 0.717) is 5.41 Å². The Morgan fingerprint density at radius 2 is 1.70 bits per heavy atom. The molecule has 0 bridgehead atoms. The van der Waals surface area contributed by atoms with Crippen LogP contribution in [0.5, 0.6) is 0 Å². The molecule has 1 rings (SSSR count). The van der Waals surface area contributed by atoms with Crippen molar-refractivity contribution in [3.05, 3.63) is 0 Å². The molecule has 1 aliphatic carbocycles. The van der Waals surface area contributed by atoms with Crippen molar-refractivity contribution in [2.24, 2.45) is 5.41 Å². The number of thioether (sulfide) groups is 1. The number of nitrogens with one attached hydrogen (secondary N) is 1. The van der Waals surface area contributed by atoms with Gasteiger partial charge in [-0.15, -0.1) is 0 Å².